The first-order chi connectivity index (χ1) is 14.9. The van der Waals surface area contributed by atoms with E-state index in [4.69, 9.17) is 9.47 Å². The van der Waals surface area contributed by atoms with Crippen molar-refractivity contribution in [3.05, 3.63) is 82.2 Å². The molecule has 0 amide bonds. The Bertz CT molecular complexity index is 1070. The van der Waals surface area contributed by atoms with Gasteiger partial charge in [0.05, 0.1) is 7.11 Å². The third-order valence-electron chi connectivity index (χ3n) is 4.57. The predicted octanol–water partition coefficient (Wildman–Crippen LogP) is 4.57. The van der Waals surface area contributed by atoms with E-state index in [1.54, 1.807) is 18.2 Å². The summed E-state index contributed by atoms with van der Waals surface area (Å²) in [5.41, 5.74) is 2.78. The number of thioether (sulfide) groups is 1. The summed E-state index contributed by atoms with van der Waals surface area (Å²) >= 11 is 1.29. The van der Waals surface area contributed by atoms with Crippen LogP contribution in [0.4, 0.5) is 0 Å². The summed E-state index contributed by atoms with van der Waals surface area (Å²) in [5, 5.41) is 20.0. The molecule has 3 rings (SSSR count). The summed E-state index contributed by atoms with van der Waals surface area (Å²) in [5.74, 6) is 1.76. The Balaban J connectivity index is 1.96. The number of aryl methyl sites for hydroxylation is 2. The first-order valence-electron chi connectivity index (χ1n) is 9.62. The van der Waals surface area contributed by atoms with Crippen molar-refractivity contribution in [1.29, 1.82) is 0 Å². The van der Waals surface area contributed by atoms with E-state index in [9.17, 15) is 10.1 Å². The second-order valence-electron chi connectivity index (χ2n) is 6.83. The van der Waals surface area contributed by atoms with Crippen molar-refractivity contribution in [2.24, 2.45) is 0 Å². The van der Waals surface area contributed by atoms with Crippen LogP contribution in [0, 0.1) is 24.0 Å². The summed E-state index contributed by atoms with van der Waals surface area (Å²) in [4.78, 5) is 11.1. The molecule has 0 radical (unpaired) electrons. The third-order valence-corrected chi connectivity index (χ3v) is 5.75. The van der Waals surface area contributed by atoms with Gasteiger partial charge in [0.2, 0.25) is 6.54 Å². The fourth-order valence-corrected chi connectivity index (χ4v) is 4.20. The lowest BCUT2D eigenvalue weighted by molar-refractivity contribution is -0.479. The molecular formula is C22H24N4O4S. The second-order valence-corrected chi connectivity index (χ2v) is 8.00. The van der Waals surface area contributed by atoms with Crippen LogP contribution in [-0.4, -0.2) is 39.9 Å². The Morgan fingerprint density at radius 3 is 2.58 bits per heavy atom. The van der Waals surface area contributed by atoms with Gasteiger partial charge in [0.25, 0.3) is 0 Å². The van der Waals surface area contributed by atoms with Crippen LogP contribution < -0.4 is 9.47 Å². The van der Waals surface area contributed by atoms with Crippen LogP contribution >= 0.6 is 11.8 Å². The fourth-order valence-electron chi connectivity index (χ4n) is 3.04. The maximum absolute atomic E-state index is 11.4. The average molecular weight is 441 g/mol. The standard InChI is InChI=1S/C22H24N4O4S/c1-5-12-30-19-11-8-17(13-20(19)29-4)21(14-25(27)28)31-22-24-23-16(3)26(22)18-9-6-15(2)7-10-18/h5-11,13,21H,1,12,14H2,2-4H3/t21-/m0/s1. The van der Waals surface area contributed by atoms with Crippen LogP contribution in [0.3, 0.4) is 0 Å². The topological polar surface area (TPSA) is 92.3 Å². The van der Waals surface area contributed by atoms with Crippen LogP contribution in [0.15, 0.2) is 60.3 Å². The van der Waals surface area contributed by atoms with Gasteiger partial charge in [0, 0.05) is 10.6 Å². The molecule has 9 heteroatoms. The molecule has 0 N–H and O–H groups in total. The lowest BCUT2D eigenvalue weighted by Crippen LogP contribution is -2.11. The zero-order valence-corrected chi connectivity index (χ0v) is 18.5. The van der Waals surface area contributed by atoms with Gasteiger partial charge >= 0.3 is 0 Å². The predicted molar refractivity (Wildman–Crippen MR) is 120 cm³/mol. The fraction of sp³-hybridized carbons (Fsp3) is 0.273. The molecule has 0 fully saturated rings. The summed E-state index contributed by atoms with van der Waals surface area (Å²) in [6, 6.07) is 13.3. The molecule has 8 nitrogen and oxygen atoms in total. The molecule has 2 aromatic carbocycles. The number of nitrogens with zero attached hydrogens (tertiary/aromatic N) is 4. The third kappa shape index (κ3) is 5.43. The van der Waals surface area contributed by atoms with Crippen molar-refractivity contribution in [3.63, 3.8) is 0 Å². The second kappa shape index (κ2) is 10.1. The molecule has 0 aliphatic carbocycles. The van der Waals surface area contributed by atoms with Crippen molar-refractivity contribution in [2.75, 3.05) is 20.3 Å². The lowest BCUT2D eigenvalue weighted by atomic mass is 10.1. The van der Waals surface area contributed by atoms with Gasteiger partial charge in [0.1, 0.15) is 17.7 Å². The van der Waals surface area contributed by atoms with Gasteiger partial charge in [-0.25, -0.2) is 0 Å². The Morgan fingerprint density at radius 1 is 1.19 bits per heavy atom. The molecule has 3 aromatic rings. The van der Waals surface area contributed by atoms with Crippen LogP contribution in [0.1, 0.15) is 22.2 Å². The van der Waals surface area contributed by atoms with Crippen LogP contribution in [-0.2, 0) is 0 Å². The van der Waals surface area contributed by atoms with Gasteiger partial charge in [-0.3, -0.25) is 14.7 Å². The van der Waals surface area contributed by atoms with Crippen molar-refractivity contribution < 1.29 is 14.4 Å². The molecule has 0 saturated heterocycles. The molecule has 0 aliphatic rings. The Morgan fingerprint density at radius 2 is 1.94 bits per heavy atom. The maximum atomic E-state index is 11.4. The van der Waals surface area contributed by atoms with E-state index in [1.807, 2.05) is 48.7 Å². The van der Waals surface area contributed by atoms with Gasteiger partial charge < -0.3 is 9.47 Å². The molecule has 1 heterocycles. The molecule has 0 bridgehead atoms. The Labute approximate surface area is 185 Å². The van der Waals surface area contributed by atoms with E-state index in [2.05, 4.69) is 16.8 Å². The molecule has 0 spiro atoms. The molecule has 0 aliphatic heterocycles. The SMILES string of the molecule is C=CCOc1ccc([C@H](C[N+](=O)[O-])Sc2nnc(C)n2-c2ccc(C)cc2)cc1OC. The van der Waals surface area contributed by atoms with Crippen LogP contribution in [0.2, 0.25) is 0 Å². The van der Waals surface area contributed by atoms with Crippen molar-refractivity contribution in [1.82, 2.24) is 14.8 Å². The van der Waals surface area contributed by atoms with Gasteiger partial charge in [-0.05, 0) is 43.7 Å². The van der Waals surface area contributed by atoms with E-state index in [0.29, 0.717) is 29.1 Å². The number of nitro groups is 1. The highest BCUT2D eigenvalue weighted by Crippen LogP contribution is 2.39. The molecule has 31 heavy (non-hydrogen) atoms. The van der Waals surface area contributed by atoms with E-state index in [1.165, 1.54) is 18.9 Å². The first-order valence-corrected chi connectivity index (χ1v) is 10.5. The molecule has 162 valence electrons. The lowest BCUT2D eigenvalue weighted by Gasteiger charge is -2.16. The first kappa shape index (κ1) is 22.4. The van der Waals surface area contributed by atoms with E-state index < -0.39 is 5.25 Å². The van der Waals surface area contributed by atoms with Gasteiger partial charge in [-0.2, -0.15) is 0 Å². The van der Waals surface area contributed by atoms with Gasteiger partial charge in [-0.15, -0.1) is 10.2 Å². The molecule has 0 unspecified atom stereocenters. The number of aromatic nitrogens is 3. The number of methoxy groups -OCH3 is 1. The quantitative estimate of drug-likeness (QED) is 0.197. The van der Waals surface area contributed by atoms with Gasteiger partial charge in [0.15, 0.2) is 16.7 Å². The number of hydrogen-bond donors (Lipinski definition) is 0. The van der Waals surface area contributed by atoms with Crippen molar-refractivity contribution in [3.8, 4) is 17.2 Å². The highest BCUT2D eigenvalue weighted by molar-refractivity contribution is 7.99. The summed E-state index contributed by atoms with van der Waals surface area (Å²) < 4.78 is 12.9. The average Bonchev–Trinajstić information content (AvgIpc) is 3.12. The van der Waals surface area contributed by atoms with Crippen molar-refractivity contribution >= 4 is 11.8 Å². The zero-order chi connectivity index (χ0) is 22.4. The molecule has 0 saturated carbocycles. The smallest absolute Gasteiger partial charge is 0.220 e. The van der Waals surface area contributed by atoms with Crippen molar-refractivity contribution in [2.45, 2.75) is 24.3 Å². The van der Waals surface area contributed by atoms with Crippen LogP contribution in [0.5, 0.6) is 11.5 Å². The maximum Gasteiger partial charge on any atom is 0.220 e. The minimum atomic E-state index is -0.495. The minimum Gasteiger partial charge on any atom is -0.493 e. The summed E-state index contributed by atoms with van der Waals surface area (Å²) in [6.45, 7) is 7.57. The molecule has 1 atom stereocenters. The van der Waals surface area contributed by atoms with Crippen LogP contribution in [0.25, 0.3) is 5.69 Å². The molecular weight excluding hydrogens is 416 g/mol. The highest BCUT2D eigenvalue weighted by atomic mass is 32.2. The monoisotopic (exact) mass is 440 g/mol. The Hall–Kier alpha value is -3.33. The summed E-state index contributed by atoms with van der Waals surface area (Å²) in [7, 11) is 1.53. The molecule has 1 aromatic heterocycles. The largest absolute Gasteiger partial charge is 0.493 e. The van der Waals surface area contributed by atoms with Gasteiger partial charge in [-0.1, -0.05) is 48.2 Å². The minimum absolute atomic E-state index is 0.277. The summed E-state index contributed by atoms with van der Waals surface area (Å²) in [6.07, 6.45) is 1.64. The van der Waals surface area contributed by atoms with E-state index in [0.717, 1.165) is 16.8 Å². The zero-order valence-electron chi connectivity index (χ0n) is 17.6. The highest BCUT2D eigenvalue weighted by Gasteiger charge is 2.25. The Kier molecular flexibility index (Phi) is 7.30. The number of hydrogen-bond acceptors (Lipinski definition) is 7. The van der Waals surface area contributed by atoms with E-state index in [-0.39, 0.29) is 11.5 Å². The normalized spacial score (nSPS) is 11.7. The van der Waals surface area contributed by atoms with E-state index >= 15 is 0 Å². The number of benzene rings is 2. The number of rotatable bonds is 10. The number of ether oxygens (including phenoxy) is 2.